The van der Waals surface area contributed by atoms with Gasteiger partial charge in [-0.2, -0.15) is 0 Å². The molecule has 0 N–H and O–H groups in total. The molecule has 5 nitrogen and oxygen atoms in total. The number of benzene rings is 2. The van der Waals surface area contributed by atoms with Gasteiger partial charge >= 0.3 is 0 Å². The van der Waals surface area contributed by atoms with Crippen LogP contribution in [0.5, 0.6) is 0 Å². The molecule has 32 heavy (non-hydrogen) atoms. The standard InChI is InChI=1S/C27H33N3O2/c1-4-25(31)29-14-12-27(13-15-29,23-8-6-5-7-9-23)26(32)30-18-16-28(17-19-30)24-11-10-21(2)22(3)20-24/h4-11,20H,1,12-19H2,2-3H3. The molecule has 0 aromatic heterocycles. The number of nitrogens with zero attached hydrogens (tertiary/aromatic N) is 3. The van der Waals surface area contributed by atoms with Crippen LogP contribution in [0.3, 0.4) is 0 Å². The highest BCUT2D eigenvalue weighted by atomic mass is 16.2. The van der Waals surface area contributed by atoms with E-state index in [0.717, 1.165) is 31.7 Å². The van der Waals surface area contributed by atoms with E-state index in [0.29, 0.717) is 25.9 Å². The number of likely N-dealkylation sites (tertiary alicyclic amines) is 1. The summed E-state index contributed by atoms with van der Waals surface area (Å²) < 4.78 is 0. The first kappa shape index (κ1) is 22.1. The van der Waals surface area contributed by atoms with Crippen LogP contribution in [0.15, 0.2) is 61.2 Å². The lowest BCUT2D eigenvalue weighted by Crippen LogP contribution is -2.57. The molecule has 2 saturated heterocycles. The van der Waals surface area contributed by atoms with Crippen LogP contribution in [0, 0.1) is 13.8 Å². The highest BCUT2D eigenvalue weighted by molar-refractivity contribution is 5.90. The zero-order valence-electron chi connectivity index (χ0n) is 19.2. The molecule has 2 fully saturated rings. The Kier molecular flexibility index (Phi) is 6.35. The summed E-state index contributed by atoms with van der Waals surface area (Å²) in [7, 11) is 0. The molecule has 2 aromatic carbocycles. The second kappa shape index (κ2) is 9.19. The lowest BCUT2D eigenvalue weighted by Gasteiger charge is -2.45. The topological polar surface area (TPSA) is 43.9 Å². The summed E-state index contributed by atoms with van der Waals surface area (Å²) >= 11 is 0. The van der Waals surface area contributed by atoms with Gasteiger partial charge in [0, 0.05) is 45.0 Å². The summed E-state index contributed by atoms with van der Waals surface area (Å²) in [5.41, 5.74) is 4.32. The lowest BCUT2D eigenvalue weighted by molar-refractivity contribution is -0.142. The van der Waals surface area contributed by atoms with E-state index in [1.807, 2.05) is 23.1 Å². The summed E-state index contributed by atoms with van der Waals surface area (Å²) in [6.45, 7) is 12.1. The molecule has 168 valence electrons. The van der Waals surface area contributed by atoms with Crippen molar-refractivity contribution in [2.24, 2.45) is 0 Å². The Morgan fingerprint density at radius 3 is 2.09 bits per heavy atom. The first-order valence-corrected chi connectivity index (χ1v) is 11.5. The number of amides is 2. The molecule has 2 heterocycles. The van der Waals surface area contributed by atoms with E-state index < -0.39 is 5.41 Å². The third-order valence-corrected chi connectivity index (χ3v) is 7.26. The minimum atomic E-state index is -0.568. The molecule has 0 radical (unpaired) electrons. The molecule has 0 aliphatic carbocycles. The third kappa shape index (κ3) is 4.16. The Morgan fingerprint density at radius 2 is 1.50 bits per heavy atom. The van der Waals surface area contributed by atoms with Crippen molar-refractivity contribution < 1.29 is 9.59 Å². The number of piperazine rings is 1. The van der Waals surface area contributed by atoms with E-state index in [1.165, 1.54) is 22.9 Å². The van der Waals surface area contributed by atoms with Gasteiger partial charge in [-0.3, -0.25) is 9.59 Å². The van der Waals surface area contributed by atoms with Crippen molar-refractivity contribution in [2.45, 2.75) is 32.1 Å². The molecule has 4 rings (SSSR count). The van der Waals surface area contributed by atoms with Gasteiger partial charge in [-0.1, -0.05) is 43.0 Å². The number of carbonyl (C=O) groups excluding carboxylic acids is 2. The summed E-state index contributed by atoms with van der Waals surface area (Å²) in [4.78, 5) is 32.3. The fraction of sp³-hybridized carbons (Fsp3) is 0.407. The highest BCUT2D eigenvalue weighted by Gasteiger charge is 2.46. The molecule has 0 saturated carbocycles. The number of hydrogen-bond donors (Lipinski definition) is 0. The number of hydrogen-bond acceptors (Lipinski definition) is 3. The maximum Gasteiger partial charge on any atom is 0.245 e. The number of aryl methyl sites for hydroxylation is 2. The van der Waals surface area contributed by atoms with E-state index >= 15 is 0 Å². The molecule has 0 unspecified atom stereocenters. The van der Waals surface area contributed by atoms with Gasteiger partial charge in [-0.25, -0.2) is 0 Å². The van der Waals surface area contributed by atoms with Gasteiger partial charge in [0.15, 0.2) is 0 Å². The molecule has 2 aromatic rings. The average Bonchev–Trinajstić information content (AvgIpc) is 2.85. The van der Waals surface area contributed by atoms with Gasteiger partial charge in [0.25, 0.3) is 0 Å². The monoisotopic (exact) mass is 431 g/mol. The van der Waals surface area contributed by atoms with Gasteiger partial charge in [-0.15, -0.1) is 0 Å². The van der Waals surface area contributed by atoms with Crippen LogP contribution in [0.4, 0.5) is 5.69 Å². The van der Waals surface area contributed by atoms with Crippen LogP contribution in [-0.2, 0) is 15.0 Å². The summed E-state index contributed by atoms with van der Waals surface area (Å²) in [6, 6.07) is 16.7. The van der Waals surface area contributed by atoms with Crippen LogP contribution >= 0.6 is 0 Å². The third-order valence-electron chi connectivity index (χ3n) is 7.26. The van der Waals surface area contributed by atoms with E-state index in [4.69, 9.17) is 0 Å². The van der Waals surface area contributed by atoms with Crippen LogP contribution in [0.25, 0.3) is 0 Å². The second-order valence-electron chi connectivity index (χ2n) is 9.03. The van der Waals surface area contributed by atoms with E-state index in [1.54, 1.807) is 4.90 Å². The minimum absolute atomic E-state index is 0.0545. The predicted molar refractivity (Wildman–Crippen MR) is 129 cm³/mol. The van der Waals surface area contributed by atoms with Crippen molar-refractivity contribution in [3.8, 4) is 0 Å². The molecule has 2 aliphatic rings. The molecule has 2 aliphatic heterocycles. The minimum Gasteiger partial charge on any atom is -0.368 e. The summed E-state index contributed by atoms with van der Waals surface area (Å²) in [6.07, 6.45) is 2.66. The normalized spacial score (nSPS) is 18.4. The molecule has 0 bridgehead atoms. The molecule has 0 spiro atoms. The molecule has 2 amide bonds. The number of carbonyl (C=O) groups is 2. The SMILES string of the molecule is C=CC(=O)N1CCC(C(=O)N2CCN(c3ccc(C)c(C)c3)CC2)(c2ccccc2)CC1. The number of rotatable bonds is 4. The van der Waals surface area contributed by atoms with E-state index in [2.05, 4.69) is 55.7 Å². The largest absolute Gasteiger partial charge is 0.368 e. The zero-order chi connectivity index (χ0) is 22.7. The van der Waals surface area contributed by atoms with E-state index in [-0.39, 0.29) is 11.8 Å². The number of piperidine rings is 1. The Balaban J connectivity index is 1.51. The van der Waals surface area contributed by atoms with Crippen molar-refractivity contribution in [1.82, 2.24) is 9.80 Å². The zero-order valence-corrected chi connectivity index (χ0v) is 19.2. The van der Waals surface area contributed by atoms with Crippen LogP contribution in [-0.4, -0.2) is 60.9 Å². The van der Waals surface area contributed by atoms with Crippen molar-refractivity contribution in [1.29, 1.82) is 0 Å². The van der Waals surface area contributed by atoms with Crippen molar-refractivity contribution in [2.75, 3.05) is 44.2 Å². The Labute approximate surface area is 191 Å². The Bertz CT molecular complexity index is 985. The van der Waals surface area contributed by atoms with Gasteiger partial charge in [0.2, 0.25) is 11.8 Å². The fourth-order valence-electron chi connectivity index (χ4n) is 5.01. The maximum atomic E-state index is 13.9. The smallest absolute Gasteiger partial charge is 0.245 e. The van der Waals surface area contributed by atoms with E-state index in [9.17, 15) is 9.59 Å². The van der Waals surface area contributed by atoms with Gasteiger partial charge in [0.1, 0.15) is 0 Å². The van der Waals surface area contributed by atoms with Gasteiger partial charge < -0.3 is 14.7 Å². The maximum absolute atomic E-state index is 13.9. The van der Waals surface area contributed by atoms with Crippen LogP contribution in [0.1, 0.15) is 29.5 Å². The predicted octanol–water partition coefficient (Wildman–Crippen LogP) is 3.70. The molecular weight excluding hydrogens is 398 g/mol. The Hall–Kier alpha value is -3.08. The quantitative estimate of drug-likeness (QED) is 0.694. The van der Waals surface area contributed by atoms with Gasteiger partial charge in [0.05, 0.1) is 5.41 Å². The van der Waals surface area contributed by atoms with Crippen LogP contribution in [0.2, 0.25) is 0 Å². The van der Waals surface area contributed by atoms with Gasteiger partial charge in [-0.05, 0) is 61.6 Å². The van der Waals surface area contributed by atoms with Crippen molar-refractivity contribution in [3.05, 3.63) is 77.9 Å². The first-order chi connectivity index (χ1) is 15.4. The first-order valence-electron chi connectivity index (χ1n) is 11.5. The average molecular weight is 432 g/mol. The summed E-state index contributed by atoms with van der Waals surface area (Å²) in [5.74, 6) is 0.148. The van der Waals surface area contributed by atoms with Crippen molar-refractivity contribution >= 4 is 17.5 Å². The fourth-order valence-corrected chi connectivity index (χ4v) is 5.01. The Morgan fingerprint density at radius 1 is 0.844 bits per heavy atom. The lowest BCUT2D eigenvalue weighted by atomic mass is 9.71. The highest BCUT2D eigenvalue weighted by Crippen LogP contribution is 2.38. The molecule has 0 atom stereocenters. The molecule has 5 heteroatoms. The summed E-state index contributed by atoms with van der Waals surface area (Å²) in [5, 5.41) is 0. The van der Waals surface area contributed by atoms with Crippen molar-refractivity contribution in [3.63, 3.8) is 0 Å². The molecular formula is C27H33N3O2. The second-order valence-corrected chi connectivity index (χ2v) is 9.03. The van der Waals surface area contributed by atoms with Crippen LogP contribution < -0.4 is 4.90 Å². The number of anilines is 1.